The molecule has 1 aliphatic heterocycles. The van der Waals surface area contributed by atoms with Gasteiger partial charge in [-0.05, 0) is 80.4 Å². The number of carbonyl (C=O) groups excluding carboxylic acids is 2. The lowest BCUT2D eigenvalue weighted by atomic mass is 10.0. The fourth-order valence-corrected chi connectivity index (χ4v) is 4.42. The van der Waals surface area contributed by atoms with Crippen LogP contribution in [-0.2, 0) is 4.74 Å². The fourth-order valence-electron chi connectivity index (χ4n) is 4.12. The number of carbonyl (C=O) groups is 2. The van der Waals surface area contributed by atoms with E-state index in [4.69, 9.17) is 17.0 Å². The Morgan fingerprint density at radius 2 is 1.64 bits per heavy atom. The number of hydrogen-bond donors (Lipinski definition) is 4. The molecule has 186 valence electrons. The monoisotopic (exact) mass is 504 g/mol. The Morgan fingerprint density at radius 3 is 2.36 bits per heavy atom. The number of aromatic hydroxyl groups is 2. The van der Waals surface area contributed by atoms with Crippen molar-refractivity contribution >= 4 is 29.0 Å². The number of benzene rings is 3. The van der Waals surface area contributed by atoms with Crippen molar-refractivity contribution in [3.05, 3.63) is 94.5 Å². The van der Waals surface area contributed by atoms with Gasteiger partial charge in [0.15, 0.2) is 0 Å². The highest BCUT2D eigenvalue weighted by molar-refractivity contribution is 7.81. The van der Waals surface area contributed by atoms with Crippen LogP contribution in [0.15, 0.2) is 66.7 Å². The standard InChI is InChI=1S/C28H28N2O5S/c1-17-4-13-24(32)22(15-17)26(36)18-5-7-20(8-6-18)28(34)35-25-3-2-14-29-16-23(25)30-27(33)19-9-11-21(31)12-10-19/h4-13,15,23,25,29,31-32H,2-3,14,16H2,1H3,(H,30,33)/t23-,25-/m1/s1. The average molecular weight is 505 g/mol. The maximum absolute atomic E-state index is 13.0. The summed E-state index contributed by atoms with van der Waals surface area (Å²) >= 11 is 5.55. The Labute approximate surface area is 215 Å². The lowest BCUT2D eigenvalue weighted by Crippen LogP contribution is -2.49. The van der Waals surface area contributed by atoms with E-state index in [1.54, 1.807) is 30.3 Å². The van der Waals surface area contributed by atoms with Gasteiger partial charge in [-0.3, -0.25) is 4.79 Å². The van der Waals surface area contributed by atoms with Crippen molar-refractivity contribution in [1.82, 2.24) is 10.6 Å². The minimum Gasteiger partial charge on any atom is -0.508 e. The zero-order chi connectivity index (χ0) is 25.7. The van der Waals surface area contributed by atoms with Crippen molar-refractivity contribution in [2.24, 2.45) is 0 Å². The highest BCUT2D eigenvalue weighted by Crippen LogP contribution is 2.23. The van der Waals surface area contributed by atoms with Crippen LogP contribution in [0.4, 0.5) is 0 Å². The summed E-state index contributed by atoms with van der Waals surface area (Å²) in [4.78, 5) is 26.2. The van der Waals surface area contributed by atoms with E-state index in [0.717, 1.165) is 18.5 Å². The van der Waals surface area contributed by atoms with Gasteiger partial charge in [0.2, 0.25) is 0 Å². The summed E-state index contributed by atoms with van der Waals surface area (Å²) in [7, 11) is 0. The molecule has 0 aromatic heterocycles. The third kappa shape index (κ3) is 6.08. The number of phenolic OH excluding ortho intramolecular Hbond substituents is 2. The van der Waals surface area contributed by atoms with Crippen molar-refractivity contribution in [3.63, 3.8) is 0 Å². The topological polar surface area (TPSA) is 108 Å². The van der Waals surface area contributed by atoms with Crippen LogP contribution < -0.4 is 10.6 Å². The zero-order valence-electron chi connectivity index (χ0n) is 19.9. The third-order valence-electron chi connectivity index (χ3n) is 6.14. The summed E-state index contributed by atoms with van der Waals surface area (Å²) in [6, 6.07) is 17.6. The number of nitrogens with one attached hydrogen (secondary N) is 2. The molecular weight excluding hydrogens is 476 g/mol. The number of amides is 1. The number of esters is 1. The molecule has 4 N–H and O–H groups in total. The normalized spacial score (nSPS) is 17.6. The number of phenols is 2. The van der Waals surface area contributed by atoms with Gasteiger partial charge in [0.05, 0.1) is 16.5 Å². The van der Waals surface area contributed by atoms with E-state index in [9.17, 15) is 19.8 Å². The minimum atomic E-state index is -0.501. The fraction of sp³-hybridized carbons (Fsp3) is 0.250. The number of aryl methyl sites for hydroxylation is 1. The number of hydrogen-bond acceptors (Lipinski definition) is 7. The largest absolute Gasteiger partial charge is 0.508 e. The van der Waals surface area contributed by atoms with Crippen LogP contribution in [-0.4, -0.2) is 52.2 Å². The summed E-state index contributed by atoms with van der Waals surface area (Å²) in [6.45, 7) is 3.15. The van der Waals surface area contributed by atoms with Crippen LogP contribution in [0.25, 0.3) is 0 Å². The molecule has 8 heteroatoms. The van der Waals surface area contributed by atoms with Crippen molar-refractivity contribution in [2.45, 2.75) is 31.9 Å². The number of thiocarbonyl (C=S) groups is 1. The third-order valence-corrected chi connectivity index (χ3v) is 6.59. The molecule has 0 saturated carbocycles. The molecule has 1 amide bonds. The van der Waals surface area contributed by atoms with E-state index < -0.39 is 18.1 Å². The van der Waals surface area contributed by atoms with Crippen LogP contribution in [0, 0.1) is 6.92 Å². The maximum Gasteiger partial charge on any atom is 0.338 e. The van der Waals surface area contributed by atoms with E-state index in [2.05, 4.69) is 10.6 Å². The second kappa shape index (κ2) is 11.3. The molecule has 3 aromatic carbocycles. The minimum absolute atomic E-state index is 0.0805. The molecule has 1 aliphatic rings. The average Bonchev–Trinajstić information content (AvgIpc) is 3.10. The van der Waals surface area contributed by atoms with Gasteiger partial charge in [-0.15, -0.1) is 0 Å². The molecule has 0 spiro atoms. The molecule has 2 atom stereocenters. The van der Waals surface area contributed by atoms with E-state index in [1.807, 2.05) is 19.1 Å². The Hall–Kier alpha value is -3.75. The maximum atomic E-state index is 13.0. The highest BCUT2D eigenvalue weighted by Gasteiger charge is 2.29. The summed E-state index contributed by atoms with van der Waals surface area (Å²) < 4.78 is 5.84. The van der Waals surface area contributed by atoms with Gasteiger partial charge in [-0.25, -0.2) is 4.79 Å². The van der Waals surface area contributed by atoms with Crippen LogP contribution >= 0.6 is 12.2 Å². The van der Waals surface area contributed by atoms with Crippen LogP contribution in [0.2, 0.25) is 0 Å². The molecule has 0 aliphatic carbocycles. The molecule has 4 rings (SSSR count). The van der Waals surface area contributed by atoms with Crippen LogP contribution in [0.5, 0.6) is 11.5 Å². The molecule has 36 heavy (non-hydrogen) atoms. The molecule has 1 fully saturated rings. The molecule has 1 heterocycles. The number of ether oxygens (including phenoxy) is 1. The predicted molar refractivity (Wildman–Crippen MR) is 141 cm³/mol. The molecular formula is C28H28N2O5S. The van der Waals surface area contributed by atoms with Gasteiger partial charge >= 0.3 is 5.97 Å². The first-order valence-corrected chi connectivity index (χ1v) is 12.2. The van der Waals surface area contributed by atoms with E-state index >= 15 is 0 Å². The summed E-state index contributed by atoms with van der Waals surface area (Å²) in [5.74, 6) is -0.600. The predicted octanol–water partition coefficient (Wildman–Crippen LogP) is 3.88. The van der Waals surface area contributed by atoms with Gasteiger partial charge in [-0.1, -0.05) is 36.0 Å². The second-order valence-electron chi connectivity index (χ2n) is 8.84. The van der Waals surface area contributed by atoms with Crippen molar-refractivity contribution in [3.8, 4) is 11.5 Å². The van der Waals surface area contributed by atoms with Crippen molar-refractivity contribution < 1.29 is 24.5 Å². The van der Waals surface area contributed by atoms with Crippen LogP contribution in [0.3, 0.4) is 0 Å². The van der Waals surface area contributed by atoms with Gasteiger partial charge < -0.3 is 25.6 Å². The van der Waals surface area contributed by atoms with Gasteiger partial charge in [0, 0.05) is 17.7 Å². The van der Waals surface area contributed by atoms with E-state index in [0.29, 0.717) is 40.1 Å². The molecule has 3 aromatic rings. The lowest BCUT2D eigenvalue weighted by molar-refractivity contribution is 0.0192. The number of rotatable bonds is 6. The van der Waals surface area contributed by atoms with Crippen molar-refractivity contribution in [1.29, 1.82) is 0 Å². The first-order chi connectivity index (χ1) is 17.3. The van der Waals surface area contributed by atoms with E-state index in [1.165, 1.54) is 24.3 Å². The van der Waals surface area contributed by atoms with Gasteiger partial charge in [0.25, 0.3) is 5.91 Å². The summed E-state index contributed by atoms with van der Waals surface area (Å²) in [6.07, 6.45) is 0.906. The Morgan fingerprint density at radius 1 is 0.972 bits per heavy atom. The second-order valence-corrected chi connectivity index (χ2v) is 9.25. The Bertz CT molecular complexity index is 1260. The van der Waals surface area contributed by atoms with Gasteiger partial charge in [-0.2, -0.15) is 0 Å². The molecule has 0 bridgehead atoms. The first kappa shape index (κ1) is 25.3. The summed E-state index contributed by atoms with van der Waals surface area (Å²) in [5.41, 5.74) is 3.04. The SMILES string of the molecule is Cc1ccc(O)c(C(=S)c2ccc(C(=O)O[C@@H]3CCCNC[C@H]3NC(=O)c3ccc(O)cc3)cc2)c1. The summed E-state index contributed by atoms with van der Waals surface area (Å²) in [5, 5.41) is 25.9. The Balaban J connectivity index is 1.44. The Kier molecular flexibility index (Phi) is 7.97. The zero-order valence-corrected chi connectivity index (χ0v) is 20.7. The first-order valence-electron chi connectivity index (χ1n) is 11.8. The smallest absolute Gasteiger partial charge is 0.338 e. The molecule has 0 radical (unpaired) electrons. The molecule has 7 nitrogen and oxygen atoms in total. The van der Waals surface area contributed by atoms with Crippen molar-refractivity contribution in [2.75, 3.05) is 13.1 Å². The molecule has 1 saturated heterocycles. The highest BCUT2D eigenvalue weighted by atomic mass is 32.1. The van der Waals surface area contributed by atoms with E-state index in [-0.39, 0.29) is 17.4 Å². The van der Waals surface area contributed by atoms with Gasteiger partial charge in [0.1, 0.15) is 17.6 Å². The molecule has 0 unspecified atom stereocenters. The quantitative estimate of drug-likeness (QED) is 0.229. The lowest BCUT2D eigenvalue weighted by Gasteiger charge is -2.26. The van der Waals surface area contributed by atoms with Crippen LogP contribution in [0.1, 0.15) is 50.2 Å².